The Bertz CT molecular complexity index is 719. The van der Waals surface area contributed by atoms with Crippen molar-refractivity contribution in [3.8, 4) is 0 Å². The van der Waals surface area contributed by atoms with Gasteiger partial charge in [-0.15, -0.1) is 6.58 Å². The standard InChI is InChI=1S/C13H14N2O2S3/c1-3-8-18-13-15-11(14)12(19-13)20(16,17)10-6-4-9(2)5-7-10/h3-7H,1,8,14H2,2H3. The lowest BCUT2D eigenvalue weighted by Gasteiger charge is -2.02. The zero-order chi connectivity index (χ0) is 14.8. The van der Waals surface area contributed by atoms with Crippen LogP contribution in [0.1, 0.15) is 5.56 Å². The summed E-state index contributed by atoms with van der Waals surface area (Å²) in [6, 6.07) is 6.69. The molecule has 0 spiro atoms. The average Bonchev–Trinajstić information content (AvgIpc) is 2.79. The Morgan fingerprint density at radius 2 is 2.05 bits per heavy atom. The van der Waals surface area contributed by atoms with E-state index in [2.05, 4.69) is 11.6 Å². The smallest absolute Gasteiger partial charge is 0.219 e. The van der Waals surface area contributed by atoms with Gasteiger partial charge < -0.3 is 5.73 Å². The van der Waals surface area contributed by atoms with Gasteiger partial charge in [-0.2, -0.15) is 0 Å². The third-order valence-corrected chi connectivity index (χ3v) is 7.00. The molecule has 0 saturated heterocycles. The number of rotatable bonds is 5. The maximum absolute atomic E-state index is 12.5. The van der Waals surface area contributed by atoms with E-state index < -0.39 is 9.84 Å². The third kappa shape index (κ3) is 3.05. The second kappa shape index (κ2) is 5.99. The molecule has 0 aliphatic heterocycles. The fraction of sp³-hybridized carbons (Fsp3) is 0.154. The third-order valence-electron chi connectivity index (χ3n) is 2.50. The number of nitrogens with zero attached hydrogens (tertiary/aromatic N) is 1. The van der Waals surface area contributed by atoms with Crippen LogP contribution in [0.4, 0.5) is 5.82 Å². The summed E-state index contributed by atoms with van der Waals surface area (Å²) in [4.78, 5) is 4.32. The Morgan fingerprint density at radius 3 is 2.65 bits per heavy atom. The molecule has 1 aromatic carbocycles. The van der Waals surface area contributed by atoms with Crippen molar-refractivity contribution in [1.29, 1.82) is 0 Å². The van der Waals surface area contributed by atoms with Crippen LogP contribution in [0.5, 0.6) is 0 Å². The summed E-state index contributed by atoms with van der Waals surface area (Å²) in [5, 5.41) is 0. The molecule has 2 aromatic rings. The molecule has 2 rings (SSSR count). The average molecular weight is 326 g/mol. The number of nitrogens with two attached hydrogens (primary N) is 1. The monoisotopic (exact) mass is 326 g/mol. The van der Waals surface area contributed by atoms with Crippen molar-refractivity contribution in [3.63, 3.8) is 0 Å². The molecule has 0 radical (unpaired) electrons. The van der Waals surface area contributed by atoms with E-state index in [0.717, 1.165) is 16.9 Å². The van der Waals surface area contributed by atoms with Gasteiger partial charge in [0, 0.05) is 5.75 Å². The van der Waals surface area contributed by atoms with Crippen molar-refractivity contribution < 1.29 is 8.42 Å². The molecule has 1 aromatic heterocycles. The lowest BCUT2D eigenvalue weighted by Crippen LogP contribution is -2.03. The van der Waals surface area contributed by atoms with E-state index in [1.807, 2.05) is 6.92 Å². The summed E-state index contributed by atoms with van der Waals surface area (Å²) in [6.07, 6.45) is 1.73. The SMILES string of the molecule is C=CCSc1nc(N)c(S(=O)(=O)c2ccc(C)cc2)s1. The molecule has 7 heteroatoms. The number of thioether (sulfide) groups is 1. The molecule has 0 saturated carbocycles. The van der Waals surface area contributed by atoms with E-state index in [1.54, 1.807) is 30.3 Å². The number of anilines is 1. The molecule has 0 atom stereocenters. The number of hydrogen-bond donors (Lipinski definition) is 1. The highest BCUT2D eigenvalue weighted by molar-refractivity contribution is 8.01. The fourth-order valence-corrected chi connectivity index (χ4v) is 5.23. The minimum absolute atomic E-state index is 0.0575. The first-order valence-corrected chi connectivity index (χ1v) is 9.05. The van der Waals surface area contributed by atoms with Crippen LogP contribution in [0, 0.1) is 6.92 Å². The van der Waals surface area contributed by atoms with Crippen LogP contribution >= 0.6 is 23.1 Å². The van der Waals surface area contributed by atoms with Gasteiger partial charge in [0.25, 0.3) is 0 Å². The van der Waals surface area contributed by atoms with Crippen molar-refractivity contribution in [2.45, 2.75) is 20.4 Å². The van der Waals surface area contributed by atoms with Gasteiger partial charge in [-0.05, 0) is 19.1 Å². The molecule has 0 amide bonds. The molecule has 0 bridgehead atoms. The Labute approximate surface area is 126 Å². The first-order chi connectivity index (χ1) is 9.45. The summed E-state index contributed by atoms with van der Waals surface area (Å²) >= 11 is 2.51. The molecule has 106 valence electrons. The topological polar surface area (TPSA) is 73.0 Å². The van der Waals surface area contributed by atoms with Gasteiger partial charge in [-0.25, -0.2) is 13.4 Å². The molecule has 4 nitrogen and oxygen atoms in total. The van der Waals surface area contributed by atoms with Crippen molar-refractivity contribution >= 4 is 38.8 Å². The van der Waals surface area contributed by atoms with Gasteiger partial charge in [-0.1, -0.05) is 46.9 Å². The number of nitrogen functional groups attached to an aromatic ring is 1. The predicted octanol–water partition coefficient (Wildman–Crippen LogP) is 3.14. The number of benzene rings is 1. The molecule has 0 unspecified atom stereocenters. The van der Waals surface area contributed by atoms with Crippen molar-refractivity contribution in [2.24, 2.45) is 0 Å². The Morgan fingerprint density at radius 1 is 1.40 bits per heavy atom. The van der Waals surface area contributed by atoms with E-state index in [1.165, 1.54) is 11.8 Å². The molecular weight excluding hydrogens is 312 g/mol. The number of aromatic nitrogens is 1. The zero-order valence-corrected chi connectivity index (χ0v) is 13.3. The van der Waals surface area contributed by atoms with Gasteiger partial charge in [-0.3, -0.25) is 0 Å². The Kier molecular flexibility index (Phi) is 4.52. The van der Waals surface area contributed by atoms with E-state index in [0.29, 0.717) is 10.1 Å². The molecule has 1 heterocycles. The summed E-state index contributed by atoms with van der Waals surface area (Å²) in [5.41, 5.74) is 6.75. The van der Waals surface area contributed by atoms with Crippen molar-refractivity contribution in [3.05, 3.63) is 42.5 Å². The normalized spacial score (nSPS) is 11.4. The van der Waals surface area contributed by atoms with Crippen molar-refractivity contribution in [2.75, 3.05) is 11.5 Å². The van der Waals surface area contributed by atoms with Crippen LogP contribution < -0.4 is 5.73 Å². The van der Waals surface area contributed by atoms with E-state index in [-0.39, 0.29) is 14.9 Å². The quantitative estimate of drug-likeness (QED) is 0.675. The highest BCUT2D eigenvalue weighted by Gasteiger charge is 2.24. The predicted molar refractivity (Wildman–Crippen MR) is 84.1 cm³/mol. The van der Waals surface area contributed by atoms with Crippen LogP contribution in [0.25, 0.3) is 0 Å². The maximum atomic E-state index is 12.5. The van der Waals surface area contributed by atoms with Gasteiger partial charge in [0.05, 0.1) is 4.90 Å². The Hall–Kier alpha value is -1.31. The van der Waals surface area contributed by atoms with Gasteiger partial charge in [0.1, 0.15) is 0 Å². The van der Waals surface area contributed by atoms with Gasteiger partial charge >= 0.3 is 0 Å². The van der Waals surface area contributed by atoms with E-state index >= 15 is 0 Å². The number of aryl methyl sites for hydroxylation is 1. The van der Waals surface area contributed by atoms with Crippen LogP contribution in [-0.2, 0) is 9.84 Å². The molecular formula is C13H14N2O2S3. The summed E-state index contributed by atoms with van der Waals surface area (Å²) in [6.45, 7) is 5.52. The minimum Gasteiger partial charge on any atom is -0.382 e. The Balaban J connectivity index is 2.41. The maximum Gasteiger partial charge on any atom is 0.219 e. The second-order valence-electron chi connectivity index (χ2n) is 4.07. The van der Waals surface area contributed by atoms with E-state index in [4.69, 9.17) is 5.73 Å². The summed E-state index contributed by atoms with van der Waals surface area (Å²) in [5.74, 6) is 0.721. The van der Waals surface area contributed by atoms with Crippen LogP contribution in [0.3, 0.4) is 0 Å². The van der Waals surface area contributed by atoms with Gasteiger partial charge in [0.15, 0.2) is 14.4 Å². The lowest BCUT2D eigenvalue weighted by atomic mass is 10.2. The fourth-order valence-electron chi connectivity index (χ4n) is 1.51. The van der Waals surface area contributed by atoms with Crippen LogP contribution in [0.2, 0.25) is 0 Å². The zero-order valence-electron chi connectivity index (χ0n) is 10.9. The molecule has 0 fully saturated rings. The van der Waals surface area contributed by atoms with Crippen LogP contribution in [0.15, 0.2) is 50.4 Å². The van der Waals surface area contributed by atoms with E-state index in [9.17, 15) is 8.42 Å². The first kappa shape index (κ1) is 15.1. The first-order valence-electron chi connectivity index (χ1n) is 5.77. The van der Waals surface area contributed by atoms with Crippen LogP contribution in [-0.4, -0.2) is 19.2 Å². The lowest BCUT2D eigenvalue weighted by molar-refractivity contribution is 0.598. The molecule has 20 heavy (non-hydrogen) atoms. The minimum atomic E-state index is -3.60. The van der Waals surface area contributed by atoms with Gasteiger partial charge in [0.2, 0.25) is 9.84 Å². The molecule has 2 N–H and O–H groups in total. The highest BCUT2D eigenvalue weighted by Crippen LogP contribution is 2.35. The summed E-state index contributed by atoms with van der Waals surface area (Å²) in [7, 11) is -3.60. The highest BCUT2D eigenvalue weighted by atomic mass is 32.2. The number of hydrogen-bond acceptors (Lipinski definition) is 6. The van der Waals surface area contributed by atoms with Crippen molar-refractivity contribution in [1.82, 2.24) is 4.98 Å². The number of sulfone groups is 1. The molecule has 0 aliphatic rings. The second-order valence-corrected chi connectivity index (χ2v) is 8.48. The molecule has 0 aliphatic carbocycles. The summed E-state index contributed by atoms with van der Waals surface area (Å²) < 4.78 is 25.8. The largest absolute Gasteiger partial charge is 0.382 e. The number of thiazole rings is 1.